The van der Waals surface area contributed by atoms with Crippen molar-refractivity contribution < 1.29 is 27.2 Å². The van der Waals surface area contributed by atoms with Crippen LogP contribution in [0.4, 0.5) is 30.7 Å². The average Bonchev–Trinajstić information content (AvgIpc) is 3.54. The predicted octanol–water partition coefficient (Wildman–Crippen LogP) is 7.95. The number of rotatable bonds is 7. The summed E-state index contributed by atoms with van der Waals surface area (Å²) in [4.78, 5) is 35.2. The molecule has 0 atom stereocenters. The molecule has 1 aliphatic heterocycles. The normalized spacial score (nSPS) is 13.8. The van der Waals surface area contributed by atoms with E-state index in [1.807, 2.05) is 61.5 Å². The van der Waals surface area contributed by atoms with Gasteiger partial charge in [-0.05, 0) is 72.7 Å². The fraction of sp³-hybridized carbons (Fsp3) is 0.200. The highest BCUT2D eigenvalue weighted by Gasteiger charge is 2.42. The number of hydrogen-bond donors (Lipinski definition) is 2. The van der Waals surface area contributed by atoms with Crippen molar-refractivity contribution in [2.24, 2.45) is 0 Å². The van der Waals surface area contributed by atoms with E-state index in [1.165, 1.54) is 17.8 Å². The zero-order valence-electron chi connectivity index (χ0n) is 24.8. The number of nitrogens with zero attached hydrogens (tertiary/aromatic N) is 3. The summed E-state index contributed by atoms with van der Waals surface area (Å²) >= 11 is 0. The molecular weight excluding hydrogens is 595 g/mol. The van der Waals surface area contributed by atoms with Crippen LogP contribution in [0.25, 0.3) is 11.1 Å². The third kappa shape index (κ3) is 6.78. The van der Waals surface area contributed by atoms with Gasteiger partial charge in [-0.25, -0.2) is 4.98 Å². The van der Waals surface area contributed by atoms with E-state index in [-0.39, 0.29) is 23.7 Å². The summed E-state index contributed by atoms with van der Waals surface area (Å²) in [5, 5.41) is 5.28. The number of halogens is 3. The number of oxazole rings is 1. The van der Waals surface area contributed by atoms with Gasteiger partial charge in [0.2, 0.25) is 5.76 Å². The summed E-state index contributed by atoms with van der Waals surface area (Å²) in [6.45, 7) is 2.80. The first-order valence-electron chi connectivity index (χ1n) is 14.8. The molecule has 0 unspecified atom stereocenters. The molecule has 0 radical (unpaired) electrons. The van der Waals surface area contributed by atoms with E-state index < -0.39 is 23.5 Å². The lowest BCUT2D eigenvalue weighted by Crippen LogP contribution is -2.33. The molecule has 1 fully saturated rings. The lowest BCUT2D eigenvalue weighted by molar-refractivity contribution is -0.141. The molecule has 0 aliphatic carbocycles. The molecule has 3 aromatic carbocycles. The predicted molar refractivity (Wildman–Crippen MR) is 169 cm³/mol. The Morgan fingerprint density at radius 1 is 0.826 bits per heavy atom. The maximum atomic E-state index is 13.9. The minimum atomic E-state index is -4.89. The van der Waals surface area contributed by atoms with Crippen LogP contribution < -0.4 is 15.5 Å². The van der Waals surface area contributed by atoms with Gasteiger partial charge in [-0.1, -0.05) is 60.7 Å². The fourth-order valence-electron chi connectivity index (χ4n) is 5.45. The Hall–Kier alpha value is -5.45. The zero-order valence-corrected chi connectivity index (χ0v) is 24.8. The van der Waals surface area contributed by atoms with Crippen LogP contribution in [0.1, 0.15) is 56.5 Å². The largest absolute Gasteiger partial charge is 0.437 e. The van der Waals surface area contributed by atoms with E-state index in [9.17, 15) is 22.8 Å². The number of carbonyl (C=O) groups excluding carboxylic acids is 2. The van der Waals surface area contributed by atoms with Crippen LogP contribution in [0.2, 0.25) is 0 Å². The van der Waals surface area contributed by atoms with Gasteiger partial charge in [-0.2, -0.15) is 18.2 Å². The van der Waals surface area contributed by atoms with Crippen molar-refractivity contribution in [1.82, 2.24) is 9.97 Å². The number of nitrogens with one attached hydrogen (secondary N) is 2. The number of piperidine rings is 1. The van der Waals surface area contributed by atoms with Gasteiger partial charge in [0.25, 0.3) is 17.8 Å². The molecule has 8 nitrogen and oxygen atoms in total. The SMILES string of the molecule is Cc1ccccc1NC(=O)c1ccc(-c2ccc(NC(=O)c3oc(N4CCC(c5ccccc5)CC4)nc3C(F)(F)F)nc2)cc1. The average molecular weight is 626 g/mol. The van der Waals surface area contributed by atoms with Crippen molar-refractivity contribution in [2.45, 2.75) is 31.9 Å². The molecule has 1 aliphatic rings. The molecule has 11 heteroatoms. The highest BCUT2D eigenvalue weighted by molar-refractivity contribution is 6.05. The number of anilines is 3. The van der Waals surface area contributed by atoms with Crippen molar-refractivity contribution in [3.63, 3.8) is 0 Å². The maximum absolute atomic E-state index is 13.9. The number of benzene rings is 3. The summed E-state index contributed by atoms with van der Waals surface area (Å²) in [5.41, 5.74) is 3.38. The van der Waals surface area contributed by atoms with E-state index in [2.05, 4.69) is 20.6 Å². The lowest BCUT2D eigenvalue weighted by atomic mass is 9.90. The van der Waals surface area contributed by atoms with Gasteiger partial charge in [-0.15, -0.1) is 0 Å². The van der Waals surface area contributed by atoms with E-state index in [0.717, 1.165) is 29.7 Å². The maximum Gasteiger partial charge on any atom is 0.437 e. The molecule has 0 spiro atoms. The molecule has 5 aromatic rings. The van der Waals surface area contributed by atoms with E-state index in [4.69, 9.17) is 4.42 Å². The Balaban J connectivity index is 1.11. The second-order valence-electron chi connectivity index (χ2n) is 11.1. The highest BCUT2D eigenvalue weighted by Crippen LogP contribution is 2.36. The number of amides is 2. The molecule has 2 aromatic heterocycles. The third-order valence-electron chi connectivity index (χ3n) is 8.01. The van der Waals surface area contributed by atoms with Crippen LogP contribution in [0.3, 0.4) is 0 Å². The summed E-state index contributed by atoms with van der Waals surface area (Å²) in [7, 11) is 0. The molecule has 6 rings (SSSR count). The van der Waals surface area contributed by atoms with Crippen LogP contribution in [-0.2, 0) is 6.18 Å². The number of para-hydroxylation sites is 1. The Morgan fingerprint density at radius 3 is 2.15 bits per heavy atom. The van der Waals surface area contributed by atoms with Crippen LogP contribution in [0, 0.1) is 6.92 Å². The Morgan fingerprint density at radius 2 is 1.50 bits per heavy atom. The Bertz CT molecular complexity index is 1830. The topological polar surface area (TPSA) is 100 Å². The minimum Gasteiger partial charge on any atom is -0.417 e. The van der Waals surface area contributed by atoms with Gasteiger partial charge < -0.3 is 20.0 Å². The molecule has 0 saturated carbocycles. The third-order valence-corrected chi connectivity index (χ3v) is 8.01. The van der Waals surface area contributed by atoms with Crippen molar-refractivity contribution in [3.05, 3.63) is 125 Å². The van der Waals surface area contributed by atoms with Crippen LogP contribution >= 0.6 is 0 Å². The van der Waals surface area contributed by atoms with Crippen LogP contribution in [0.5, 0.6) is 0 Å². The first-order valence-corrected chi connectivity index (χ1v) is 14.8. The molecule has 234 valence electrons. The number of aryl methyl sites for hydroxylation is 1. The van der Waals surface area contributed by atoms with E-state index in [1.54, 1.807) is 35.2 Å². The monoisotopic (exact) mass is 625 g/mol. The smallest absolute Gasteiger partial charge is 0.417 e. The number of carbonyl (C=O) groups is 2. The second kappa shape index (κ2) is 12.9. The minimum absolute atomic E-state index is 0.0396. The highest BCUT2D eigenvalue weighted by atomic mass is 19.4. The van der Waals surface area contributed by atoms with Crippen LogP contribution in [0.15, 0.2) is 102 Å². The Labute approximate surface area is 263 Å². The molecule has 0 bridgehead atoms. The van der Waals surface area contributed by atoms with Crippen LogP contribution in [-0.4, -0.2) is 34.9 Å². The standard InChI is InChI=1S/C35H30F3N5O3/c1-22-7-5-6-10-28(22)40-32(44)26-13-11-24(12-14-26)27-15-16-29(39-21-27)41-33(45)30-31(35(36,37)38)42-34(46-30)43-19-17-25(18-20-43)23-8-3-2-4-9-23/h2-16,21,25H,17-20H2,1H3,(H,40,44)(H,39,41,45). The zero-order chi connectivity index (χ0) is 32.3. The molecule has 2 N–H and O–H groups in total. The summed E-state index contributed by atoms with van der Waals surface area (Å²) in [6, 6.07) is 27.2. The molecular formula is C35H30F3N5O3. The second-order valence-corrected chi connectivity index (χ2v) is 11.1. The molecule has 1 saturated heterocycles. The summed E-state index contributed by atoms with van der Waals surface area (Å²) in [5.74, 6) is -1.94. The van der Waals surface area contributed by atoms with Crippen molar-refractivity contribution in [1.29, 1.82) is 0 Å². The quantitative estimate of drug-likeness (QED) is 0.190. The van der Waals surface area contributed by atoms with E-state index in [0.29, 0.717) is 24.2 Å². The molecule has 3 heterocycles. The molecule has 2 amide bonds. The summed E-state index contributed by atoms with van der Waals surface area (Å²) < 4.78 is 47.1. The van der Waals surface area contributed by atoms with Gasteiger partial charge in [-0.3, -0.25) is 9.59 Å². The van der Waals surface area contributed by atoms with Gasteiger partial charge in [0.1, 0.15) is 5.82 Å². The van der Waals surface area contributed by atoms with E-state index >= 15 is 0 Å². The number of alkyl halides is 3. The number of hydrogen-bond acceptors (Lipinski definition) is 6. The number of pyridine rings is 1. The van der Waals surface area contributed by atoms with Crippen molar-refractivity contribution >= 4 is 29.3 Å². The van der Waals surface area contributed by atoms with Gasteiger partial charge >= 0.3 is 6.18 Å². The number of aromatic nitrogens is 2. The first kappa shape index (κ1) is 30.6. The first-order chi connectivity index (χ1) is 22.2. The van der Waals surface area contributed by atoms with Gasteiger partial charge in [0, 0.05) is 36.1 Å². The fourth-order valence-corrected chi connectivity index (χ4v) is 5.45. The van der Waals surface area contributed by atoms with Gasteiger partial charge in [0.15, 0.2) is 5.69 Å². The molecule has 46 heavy (non-hydrogen) atoms. The Kier molecular flexibility index (Phi) is 8.56. The van der Waals surface area contributed by atoms with Crippen molar-refractivity contribution in [3.8, 4) is 11.1 Å². The summed E-state index contributed by atoms with van der Waals surface area (Å²) in [6.07, 6.45) is -1.98. The van der Waals surface area contributed by atoms with Crippen molar-refractivity contribution in [2.75, 3.05) is 28.6 Å². The lowest BCUT2D eigenvalue weighted by Gasteiger charge is -2.31. The van der Waals surface area contributed by atoms with Gasteiger partial charge in [0.05, 0.1) is 0 Å².